The highest BCUT2D eigenvalue weighted by Crippen LogP contribution is 2.28. The predicted octanol–water partition coefficient (Wildman–Crippen LogP) is 4.76. The Morgan fingerprint density at radius 1 is 1.06 bits per heavy atom. The van der Waals surface area contributed by atoms with E-state index in [1.165, 1.54) is 23.8 Å². The Kier molecular flexibility index (Phi) is 5.04. The van der Waals surface area contributed by atoms with Crippen molar-refractivity contribution < 1.29 is 9.53 Å². The molecule has 5 nitrogen and oxygen atoms in total. The van der Waals surface area contributed by atoms with Gasteiger partial charge in [-0.15, -0.1) is 0 Å². The first-order valence-electron chi connectivity index (χ1n) is 10.6. The lowest BCUT2D eigenvalue weighted by atomic mass is 9.92. The fourth-order valence-electron chi connectivity index (χ4n) is 4.50. The summed E-state index contributed by atoms with van der Waals surface area (Å²) in [6, 6.07) is 23.0. The molecule has 5 rings (SSSR count). The topological polar surface area (TPSA) is 47.4 Å². The van der Waals surface area contributed by atoms with Crippen LogP contribution in [0.2, 0.25) is 0 Å². The number of hydrogen-bond donors (Lipinski definition) is 0. The second-order valence-corrected chi connectivity index (χ2v) is 8.17. The molecular formula is C26H25N3O2. The van der Waals surface area contributed by atoms with Gasteiger partial charge in [0.15, 0.2) is 0 Å². The van der Waals surface area contributed by atoms with Crippen molar-refractivity contribution in [3.05, 3.63) is 95.3 Å². The predicted molar refractivity (Wildman–Crippen MR) is 121 cm³/mol. The van der Waals surface area contributed by atoms with Gasteiger partial charge in [0.05, 0.1) is 29.4 Å². The molecule has 0 N–H and O–H groups in total. The standard InChI is InChI=1S/C26H25N3O2/c1-18-13-22-14-19(26(30)31-2)11-12-20(22)15-28(18)16-21-7-3-5-9-24(21)29-17-27-23-8-4-6-10-25(23)29/h3-12,14,17-18H,13,15-16H2,1-2H3. The first kappa shape index (κ1) is 19.5. The van der Waals surface area contributed by atoms with Gasteiger partial charge in [0.2, 0.25) is 0 Å². The molecule has 0 spiro atoms. The van der Waals surface area contributed by atoms with Crippen molar-refractivity contribution in [2.24, 2.45) is 0 Å². The fraction of sp³-hybridized carbons (Fsp3) is 0.231. The largest absolute Gasteiger partial charge is 0.465 e. The number of nitrogens with zero attached hydrogens (tertiary/aromatic N) is 3. The Morgan fingerprint density at radius 2 is 1.87 bits per heavy atom. The Balaban J connectivity index is 1.44. The molecule has 1 aliphatic heterocycles. The summed E-state index contributed by atoms with van der Waals surface area (Å²) in [6.45, 7) is 3.96. The summed E-state index contributed by atoms with van der Waals surface area (Å²) in [6.07, 6.45) is 2.82. The zero-order valence-electron chi connectivity index (χ0n) is 17.8. The molecule has 156 valence electrons. The number of carbonyl (C=O) groups excluding carboxylic acids is 1. The van der Waals surface area contributed by atoms with Gasteiger partial charge in [0.25, 0.3) is 0 Å². The summed E-state index contributed by atoms with van der Waals surface area (Å²) in [4.78, 5) is 19.0. The van der Waals surface area contributed by atoms with E-state index in [9.17, 15) is 4.79 Å². The van der Waals surface area contributed by atoms with Gasteiger partial charge in [0.1, 0.15) is 6.33 Å². The van der Waals surface area contributed by atoms with Gasteiger partial charge >= 0.3 is 5.97 Å². The van der Waals surface area contributed by atoms with Crippen molar-refractivity contribution in [2.75, 3.05) is 7.11 Å². The molecule has 5 heteroatoms. The van der Waals surface area contributed by atoms with Gasteiger partial charge in [-0.25, -0.2) is 9.78 Å². The molecule has 0 saturated carbocycles. The molecule has 1 unspecified atom stereocenters. The lowest BCUT2D eigenvalue weighted by molar-refractivity contribution is 0.0600. The molecule has 0 amide bonds. The maximum atomic E-state index is 11.9. The molecule has 0 radical (unpaired) electrons. The monoisotopic (exact) mass is 411 g/mol. The summed E-state index contributed by atoms with van der Waals surface area (Å²) < 4.78 is 7.05. The van der Waals surface area contributed by atoms with Gasteiger partial charge in [-0.3, -0.25) is 9.47 Å². The van der Waals surface area contributed by atoms with Crippen LogP contribution in [-0.2, 0) is 24.2 Å². The van der Waals surface area contributed by atoms with Crippen molar-refractivity contribution in [1.82, 2.24) is 14.5 Å². The number of aromatic nitrogens is 2. The van der Waals surface area contributed by atoms with E-state index in [-0.39, 0.29) is 5.97 Å². The van der Waals surface area contributed by atoms with Crippen LogP contribution in [0, 0.1) is 0 Å². The van der Waals surface area contributed by atoms with E-state index in [1.807, 2.05) is 30.6 Å². The number of carbonyl (C=O) groups is 1. The van der Waals surface area contributed by atoms with Crippen molar-refractivity contribution in [1.29, 1.82) is 0 Å². The summed E-state index contributed by atoms with van der Waals surface area (Å²) >= 11 is 0. The van der Waals surface area contributed by atoms with E-state index in [0.29, 0.717) is 11.6 Å². The first-order valence-corrected chi connectivity index (χ1v) is 10.6. The molecule has 31 heavy (non-hydrogen) atoms. The molecule has 0 aliphatic carbocycles. The summed E-state index contributed by atoms with van der Waals surface area (Å²) in [5.74, 6) is -0.278. The maximum absolute atomic E-state index is 11.9. The number of ether oxygens (including phenoxy) is 1. The van der Waals surface area contributed by atoms with Crippen LogP contribution in [0.4, 0.5) is 0 Å². The van der Waals surface area contributed by atoms with Crippen molar-refractivity contribution in [3.63, 3.8) is 0 Å². The van der Waals surface area contributed by atoms with Crippen LogP contribution in [0.25, 0.3) is 16.7 Å². The van der Waals surface area contributed by atoms with Crippen LogP contribution in [0.5, 0.6) is 0 Å². The van der Waals surface area contributed by atoms with Gasteiger partial charge in [0, 0.05) is 19.1 Å². The maximum Gasteiger partial charge on any atom is 0.337 e. The minimum atomic E-state index is -0.278. The second kappa shape index (κ2) is 8.00. The van der Waals surface area contributed by atoms with Crippen LogP contribution in [0.15, 0.2) is 73.1 Å². The third kappa shape index (κ3) is 3.62. The minimum absolute atomic E-state index is 0.278. The Hall–Kier alpha value is -3.44. The third-order valence-electron chi connectivity index (χ3n) is 6.22. The number of benzene rings is 3. The van der Waals surface area contributed by atoms with Crippen LogP contribution < -0.4 is 0 Å². The van der Waals surface area contributed by atoms with Gasteiger partial charge in [-0.05, 0) is 60.4 Å². The molecule has 2 heterocycles. The lowest BCUT2D eigenvalue weighted by Gasteiger charge is -2.35. The number of rotatable bonds is 4. The summed E-state index contributed by atoms with van der Waals surface area (Å²) in [5, 5.41) is 0. The highest BCUT2D eigenvalue weighted by molar-refractivity contribution is 5.89. The second-order valence-electron chi connectivity index (χ2n) is 8.17. The zero-order valence-corrected chi connectivity index (χ0v) is 17.8. The zero-order chi connectivity index (χ0) is 21.4. The van der Waals surface area contributed by atoms with E-state index < -0.39 is 0 Å². The van der Waals surface area contributed by atoms with Crippen molar-refractivity contribution >= 4 is 17.0 Å². The van der Waals surface area contributed by atoms with Crippen molar-refractivity contribution in [3.8, 4) is 5.69 Å². The average Bonchev–Trinajstić information content (AvgIpc) is 3.23. The summed E-state index contributed by atoms with van der Waals surface area (Å²) in [7, 11) is 1.42. The van der Waals surface area contributed by atoms with E-state index in [0.717, 1.165) is 36.2 Å². The fourth-order valence-corrected chi connectivity index (χ4v) is 4.50. The molecule has 4 aromatic rings. The SMILES string of the molecule is COC(=O)c1ccc2c(c1)CC(C)N(Cc1ccccc1-n1cnc3ccccc31)C2. The number of hydrogen-bond acceptors (Lipinski definition) is 4. The highest BCUT2D eigenvalue weighted by Gasteiger charge is 2.25. The normalized spacial score (nSPS) is 16.3. The molecule has 1 aliphatic rings. The summed E-state index contributed by atoms with van der Waals surface area (Å²) in [5.41, 5.74) is 7.68. The molecular weight excluding hydrogens is 386 g/mol. The lowest BCUT2D eigenvalue weighted by Crippen LogP contribution is -2.38. The Labute approximate surface area is 181 Å². The molecule has 0 bridgehead atoms. The molecule has 0 saturated heterocycles. The number of imidazole rings is 1. The quantitative estimate of drug-likeness (QED) is 0.454. The number of fused-ring (bicyclic) bond motifs is 2. The number of para-hydroxylation sites is 3. The smallest absolute Gasteiger partial charge is 0.337 e. The van der Waals surface area contributed by atoms with E-state index >= 15 is 0 Å². The minimum Gasteiger partial charge on any atom is -0.465 e. The number of methoxy groups -OCH3 is 1. The molecule has 3 aromatic carbocycles. The van der Waals surface area contributed by atoms with Crippen LogP contribution in [-0.4, -0.2) is 33.6 Å². The van der Waals surface area contributed by atoms with Crippen LogP contribution in [0.1, 0.15) is 34.0 Å². The van der Waals surface area contributed by atoms with Crippen molar-refractivity contribution in [2.45, 2.75) is 32.5 Å². The van der Waals surface area contributed by atoms with Crippen LogP contribution in [0.3, 0.4) is 0 Å². The Morgan fingerprint density at radius 3 is 2.74 bits per heavy atom. The molecule has 1 atom stereocenters. The van der Waals surface area contributed by atoms with E-state index in [1.54, 1.807) is 0 Å². The molecule has 1 aromatic heterocycles. The van der Waals surface area contributed by atoms with Gasteiger partial charge in [-0.2, -0.15) is 0 Å². The first-order chi connectivity index (χ1) is 15.1. The number of esters is 1. The average molecular weight is 412 g/mol. The van der Waals surface area contributed by atoms with E-state index in [4.69, 9.17) is 4.74 Å². The van der Waals surface area contributed by atoms with Crippen LogP contribution >= 0.6 is 0 Å². The van der Waals surface area contributed by atoms with Gasteiger partial charge < -0.3 is 4.74 Å². The third-order valence-corrected chi connectivity index (χ3v) is 6.22. The van der Waals surface area contributed by atoms with Gasteiger partial charge in [-0.1, -0.05) is 36.4 Å². The van der Waals surface area contributed by atoms with E-state index in [2.05, 4.69) is 63.8 Å². The Bertz CT molecular complexity index is 1260. The molecule has 0 fully saturated rings. The highest BCUT2D eigenvalue weighted by atomic mass is 16.5.